The highest BCUT2D eigenvalue weighted by Gasteiger charge is 2.17. The Balaban J connectivity index is 1.56. The van der Waals surface area contributed by atoms with Gasteiger partial charge in [0.25, 0.3) is 0 Å². The van der Waals surface area contributed by atoms with Gasteiger partial charge >= 0.3 is 5.97 Å². The minimum atomic E-state index is -0.418. The average Bonchev–Trinajstić information content (AvgIpc) is 3.14. The van der Waals surface area contributed by atoms with Gasteiger partial charge in [0.05, 0.1) is 12.7 Å². The van der Waals surface area contributed by atoms with E-state index in [1.54, 1.807) is 10.8 Å². The lowest BCUT2D eigenvalue weighted by Crippen LogP contribution is -2.19. The fourth-order valence-electron chi connectivity index (χ4n) is 3.61. The molecule has 0 aliphatic rings. The van der Waals surface area contributed by atoms with Crippen molar-refractivity contribution in [2.24, 2.45) is 0 Å². The Hall–Kier alpha value is -3.86. The van der Waals surface area contributed by atoms with Crippen LogP contribution >= 0.6 is 0 Å². The second-order valence-corrected chi connectivity index (χ2v) is 7.05. The van der Waals surface area contributed by atoms with Gasteiger partial charge in [-0.2, -0.15) is 0 Å². The summed E-state index contributed by atoms with van der Waals surface area (Å²) in [5, 5.41) is 3.79. The third-order valence-electron chi connectivity index (χ3n) is 5.04. The molecule has 0 aliphatic heterocycles. The van der Waals surface area contributed by atoms with Gasteiger partial charge < -0.3 is 14.6 Å². The molecule has 0 aliphatic carbocycles. The minimum Gasteiger partial charge on any atom is -0.465 e. The van der Waals surface area contributed by atoms with Gasteiger partial charge in [-0.05, 0) is 29.7 Å². The second-order valence-electron chi connectivity index (χ2n) is 7.05. The number of benzene rings is 3. The molecule has 5 heteroatoms. The van der Waals surface area contributed by atoms with Gasteiger partial charge in [0.15, 0.2) is 0 Å². The molecule has 1 aromatic heterocycles. The maximum absolute atomic E-state index is 12.8. The van der Waals surface area contributed by atoms with E-state index in [0.717, 1.165) is 28.6 Å². The van der Waals surface area contributed by atoms with Gasteiger partial charge in [0, 0.05) is 22.8 Å². The Morgan fingerprint density at radius 1 is 0.900 bits per heavy atom. The topological polar surface area (TPSA) is 60.3 Å². The maximum atomic E-state index is 12.8. The van der Waals surface area contributed by atoms with Gasteiger partial charge in [-0.1, -0.05) is 66.7 Å². The zero-order chi connectivity index (χ0) is 20.9. The van der Waals surface area contributed by atoms with Crippen molar-refractivity contribution in [1.29, 1.82) is 0 Å². The molecule has 150 valence electrons. The van der Waals surface area contributed by atoms with Crippen molar-refractivity contribution in [3.05, 3.63) is 102 Å². The summed E-state index contributed by atoms with van der Waals surface area (Å²) in [6, 6.07) is 25.4. The Morgan fingerprint density at radius 2 is 1.60 bits per heavy atom. The number of nitrogens with one attached hydrogen (secondary N) is 1. The largest absolute Gasteiger partial charge is 0.465 e. The van der Waals surface area contributed by atoms with Crippen molar-refractivity contribution in [3.63, 3.8) is 0 Å². The second kappa shape index (κ2) is 8.66. The van der Waals surface area contributed by atoms with Crippen LogP contribution in [0.15, 0.2) is 85.1 Å². The Morgan fingerprint density at radius 3 is 2.40 bits per heavy atom. The molecule has 5 nitrogen and oxygen atoms in total. The van der Waals surface area contributed by atoms with E-state index in [4.69, 9.17) is 4.74 Å². The first-order chi connectivity index (χ1) is 14.7. The summed E-state index contributed by atoms with van der Waals surface area (Å²) in [5.41, 5.74) is 4.27. The molecule has 0 bridgehead atoms. The monoisotopic (exact) mass is 398 g/mol. The number of methoxy groups -OCH3 is 1. The average molecular weight is 398 g/mol. The van der Waals surface area contributed by atoms with Crippen molar-refractivity contribution in [2.45, 2.75) is 13.0 Å². The Kier molecular flexibility index (Phi) is 5.61. The quantitative estimate of drug-likeness (QED) is 0.481. The molecule has 1 amide bonds. The number of hydrogen-bond donors (Lipinski definition) is 1. The van der Waals surface area contributed by atoms with Crippen molar-refractivity contribution in [2.75, 3.05) is 12.4 Å². The molecule has 30 heavy (non-hydrogen) atoms. The predicted molar refractivity (Wildman–Crippen MR) is 118 cm³/mol. The highest BCUT2D eigenvalue weighted by atomic mass is 16.5. The van der Waals surface area contributed by atoms with Crippen LogP contribution in [-0.4, -0.2) is 23.6 Å². The molecule has 4 aromatic rings. The van der Waals surface area contributed by atoms with E-state index in [2.05, 4.69) is 17.4 Å². The summed E-state index contributed by atoms with van der Waals surface area (Å²) in [5.74, 6) is -0.578. The number of anilines is 1. The maximum Gasteiger partial charge on any atom is 0.340 e. The number of ether oxygens (including phenoxy) is 1. The number of esters is 1. The SMILES string of the molecule is COC(=O)c1cn(CC(=O)Nc2ccccc2Cc2ccccc2)c2ccccc12. The molecule has 3 aromatic carbocycles. The highest BCUT2D eigenvalue weighted by Crippen LogP contribution is 2.23. The number of rotatable bonds is 6. The first-order valence-electron chi connectivity index (χ1n) is 9.73. The fourth-order valence-corrected chi connectivity index (χ4v) is 3.61. The van der Waals surface area contributed by atoms with Gasteiger partial charge in [-0.25, -0.2) is 4.79 Å². The Labute approximate surface area is 174 Å². The zero-order valence-electron chi connectivity index (χ0n) is 16.7. The van der Waals surface area contributed by atoms with Crippen LogP contribution in [0.3, 0.4) is 0 Å². The summed E-state index contributed by atoms with van der Waals surface area (Å²) >= 11 is 0. The van der Waals surface area contributed by atoms with Crippen LogP contribution in [0.1, 0.15) is 21.5 Å². The van der Waals surface area contributed by atoms with E-state index in [1.165, 1.54) is 12.7 Å². The molecule has 0 spiro atoms. The lowest BCUT2D eigenvalue weighted by molar-refractivity contribution is -0.116. The summed E-state index contributed by atoms with van der Waals surface area (Å²) in [4.78, 5) is 24.9. The van der Waals surface area contributed by atoms with E-state index in [0.29, 0.717) is 5.56 Å². The number of amides is 1. The number of fused-ring (bicyclic) bond motifs is 1. The van der Waals surface area contributed by atoms with E-state index in [1.807, 2.05) is 66.7 Å². The van der Waals surface area contributed by atoms with Crippen LogP contribution in [-0.2, 0) is 22.5 Å². The number of nitrogens with zero attached hydrogens (tertiary/aromatic N) is 1. The van der Waals surface area contributed by atoms with Crippen LogP contribution in [0.2, 0.25) is 0 Å². The van der Waals surface area contributed by atoms with Crippen LogP contribution in [0.4, 0.5) is 5.69 Å². The fraction of sp³-hybridized carbons (Fsp3) is 0.120. The molecule has 1 heterocycles. The van der Waals surface area contributed by atoms with Gasteiger partial charge in [0.2, 0.25) is 5.91 Å². The molecular weight excluding hydrogens is 376 g/mol. The molecular formula is C25H22N2O3. The van der Waals surface area contributed by atoms with E-state index >= 15 is 0 Å². The number of aromatic nitrogens is 1. The third-order valence-corrected chi connectivity index (χ3v) is 5.04. The lowest BCUT2D eigenvalue weighted by Gasteiger charge is -2.12. The standard InChI is InChI=1S/C25H22N2O3/c1-30-25(29)21-16-27(23-14-8-6-12-20(21)23)17-24(28)26-22-13-7-5-11-19(22)15-18-9-3-2-4-10-18/h2-14,16H,15,17H2,1H3,(H,26,28). The van der Waals surface area contributed by atoms with E-state index in [-0.39, 0.29) is 12.5 Å². The summed E-state index contributed by atoms with van der Waals surface area (Å²) in [7, 11) is 1.35. The summed E-state index contributed by atoms with van der Waals surface area (Å²) in [6.45, 7) is 0.0944. The first kappa shape index (κ1) is 19.5. The highest BCUT2D eigenvalue weighted by molar-refractivity contribution is 6.05. The lowest BCUT2D eigenvalue weighted by atomic mass is 10.0. The normalized spacial score (nSPS) is 10.7. The van der Waals surface area contributed by atoms with Gasteiger partial charge in [0.1, 0.15) is 6.54 Å². The van der Waals surface area contributed by atoms with Gasteiger partial charge in [-0.3, -0.25) is 4.79 Å². The van der Waals surface area contributed by atoms with Crippen molar-refractivity contribution < 1.29 is 14.3 Å². The van der Waals surface area contributed by atoms with E-state index < -0.39 is 5.97 Å². The number of para-hydroxylation sites is 2. The van der Waals surface area contributed by atoms with Crippen molar-refractivity contribution in [3.8, 4) is 0 Å². The molecule has 0 unspecified atom stereocenters. The smallest absolute Gasteiger partial charge is 0.340 e. The summed E-state index contributed by atoms with van der Waals surface area (Å²) < 4.78 is 6.65. The van der Waals surface area contributed by atoms with Crippen molar-refractivity contribution >= 4 is 28.5 Å². The van der Waals surface area contributed by atoms with Crippen LogP contribution < -0.4 is 5.32 Å². The molecule has 0 saturated carbocycles. The third kappa shape index (κ3) is 4.10. The summed E-state index contributed by atoms with van der Waals surface area (Å²) in [6.07, 6.45) is 2.40. The number of hydrogen-bond acceptors (Lipinski definition) is 3. The molecule has 0 fully saturated rings. The molecule has 0 saturated heterocycles. The minimum absolute atomic E-state index is 0.0944. The van der Waals surface area contributed by atoms with Gasteiger partial charge in [-0.15, -0.1) is 0 Å². The molecule has 0 atom stereocenters. The first-order valence-corrected chi connectivity index (χ1v) is 9.73. The Bertz CT molecular complexity index is 1200. The van der Waals surface area contributed by atoms with Crippen molar-refractivity contribution in [1.82, 2.24) is 4.57 Å². The molecule has 0 radical (unpaired) electrons. The number of carbonyl (C=O) groups is 2. The number of carbonyl (C=O) groups excluding carboxylic acids is 2. The predicted octanol–water partition coefficient (Wildman–Crippen LogP) is 4.66. The van der Waals surface area contributed by atoms with Crippen LogP contribution in [0.5, 0.6) is 0 Å². The zero-order valence-corrected chi connectivity index (χ0v) is 16.7. The van der Waals surface area contributed by atoms with Crippen LogP contribution in [0.25, 0.3) is 10.9 Å². The van der Waals surface area contributed by atoms with Crippen LogP contribution in [0, 0.1) is 0 Å². The molecule has 4 rings (SSSR count). The van der Waals surface area contributed by atoms with E-state index in [9.17, 15) is 9.59 Å². The molecule has 1 N–H and O–H groups in total.